The first-order valence-corrected chi connectivity index (χ1v) is 7.38. The summed E-state index contributed by atoms with van der Waals surface area (Å²) in [6.07, 6.45) is -4.88. The number of carboxylic acid groups (broad SMARTS) is 1. The third-order valence-electron chi connectivity index (χ3n) is 3.38. The van der Waals surface area contributed by atoms with Crippen LogP contribution in [0.25, 0.3) is 0 Å². The van der Waals surface area contributed by atoms with Gasteiger partial charge in [-0.3, -0.25) is 9.97 Å². The fraction of sp³-hybridized carbons (Fsp3) is 0.643. The highest BCUT2D eigenvalue weighted by molar-refractivity contribution is 5.68. The maximum Gasteiger partial charge on any atom is 0.329 e. The monoisotopic (exact) mass is 362 g/mol. The number of ether oxygens (including phenoxy) is 1. The zero-order chi connectivity index (χ0) is 19.0. The minimum atomic E-state index is -1.66. The molecular weight excluding hydrogens is 340 g/mol. The number of carboxylic acids is 1. The molecule has 5 atom stereocenters. The second-order valence-corrected chi connectivity index (χ2v) is 5.32. The van der Waals surface area contributed by atoms with E-state index in [2.05, 4.69) is 9.97 Å². The van der Waals surface area contributed by atoms with Gasteiger partial charge in [-0.25, -0.2) is 4.79 Å². The molecule has 11 nitrogen and oxygen atoms in total. The Morgan fingerprint density at radius 3 is 2.16 bits per heavy atom. The lowest BCUT2D eigenvalue weighted by molar-refractivity contribution is -0.147. The van der Waals surface area contributed by atoms with Gasteiger partial charge >= 0.3 is 5.97 Å². The van der Waals surface area contributed by atoms with Crippen LogP contribution in [0.15, 0.2) is 12.4 Å². The maximum atomic E-state index is 10.5. The molecule has 0 amide bonds. The first-order chi connectivity index (χ1) is 11.8. The summed E-state index contributed by atoms with van der Waals surface area (Å²) in [5.41, 5.74) is 0.213. The van der Waals surface area contributed by atoms with Gasteiger partial charge in [0.05, 0.1) is 36.9 Å². The van der Waals surface area contributed by atoms with Crippen LogP contribution in [0.4, 0.5) is 0 Å². The summed E-state index contributed by atoms with van der Waals surface area (Å²) in [5, 5.41) is 64.8. The molecule has 0 aromatic carbocycles. The predicted octanol–water partition coefficient (Wildman–Crippen LogP) is -3.41. The summed E-state index contributed by atoms with van der Waals surface area (Å²) < 4.78 is 4.99. The minimum Gasteiger partial charge on any atom is -0.480 e. The van der Waals surface area contributed by atoms with E-state index in [1.165, 1.54) is 6.20 Å². The van der Waals surface area contributed by atoms with E-state index in [1.54, 1.807) is 0 Å². The fourth-order valence-corrected chi connectivity index (χ4v) is 1.92. The van der Waals surface area contributed by atoms with Crippen LogP contribution in [0.5, 0.6) is 0 Å². The minimum absolute atomic E-state index is 0.0554. The number of rotatable bonds is 11. The van der Waals surface area contributed by atoms with Crippen LogP contribution in [0.3, 0.4) is 0 Å². The number of aliphatic hydroxyl groups excluding tert-OH is 6. The van der Waals surface area contributed by atoms with Crippen molar-refractivity contribution < 1.29 is 45.3 Å². The number of carbonyl (C=O) groups is 1. The summed E-state index contributed by atoms with van der Waals surface area (Å²) in [6.45, 7) is -2.05. The van der Waals surface area contributed by atoms with Crippen molar-refractivity contribution in [3.63, 3.8) is 0 Å². The van der Waals surface area contributed by atoms with Crippen molar-refractivity contribution in [2.45, 2.75) is 36.9 Å². The molecule has 142 valence electrons. The van der Waals surface area contributed by atoms with E-state index < -0.39 is 56.3 Å². The Labute approximate surface area is 142 Å². The zero-order valence-corrected chi connectivity index (χ0v) is 13.2. The number of aliphatic carboxylic acids is 1. The van der Waals surface area contributed by atoms with E-state index >= 15 is 0 Å². The molecule has 0 aliphatic heterocycles. The number of aliphatic hydroxyl groups is 6. The van der Waals surface area contributed by atoms with Gasteiger partial charge in [0.2, 0.25) is 0 Å². The SMILES string of the molecule is O=C(O)CO[C@@H](Cc1cnc([C@@H](O)[C@H](O)[C@H](O)CO)cn1)[C@H](O)CO. The standard InChI is InChI=1S/C14H22N2O9/c17-4-9(19)11(25-6-12(21)22)1-7-2-16-8(3-15-7)13(23)14(24)10(20)5-18/h2-3,9-11,13-14,17-20,23-24H,1,4-6H2,(H,21,22)/t9-,10-,11+,13-,14-/m1/s1. The van der Waals surface area contributed by atoms with E-state index in [0.29, 0.717) is 0 Å². The van der Waals surface area contributed by atoms with Crippen molar-refractivity contribution in [3.05, 3.63) is 23.8 Å². The second-order valence-electron chi connectivity index (χ2n) is 5.32. The molecule has 0 saturated heterocycles. The van der Waals surface area contributed by atoms with Crippen molar-refractivity contribution in [2.75, 3.05) is 19.8 Å². The van der Waals surface area contributed by atoms with E-state index in [1.807, 2.05) is 0 Å². The lowest BCUT2D eigenvalue weighted by Crippen LogP contribution is -2.36. The quantitative estimate of drug-likeness (QED) is 0.207. The largest absolute Gasteiger partial charge is 0.480 e. The van der Waals surface area contributed by atoms with Gasteiger partial charge in [0.25, 0.3) is 0 Å². The molecular formula is C14H22N2O9. The second kappa shape index (κ2) is 10.3. The zero-order valence-electron chi connectivity index (χ0n) is 13.2. The molecule has 7 N–H and O–H groups in total. The van der Waals surface area contributed by atoms with Crippen LogP contribution >= 0.6 is 0 Å². The molecule has 0 aliphatic rings. The van der Waals surface area contributed by atoms with Crippen LogP contribution in [0.2, 0.25) is 0 Å². The number of hydrogen-bond donors (Lipinski definition) is 7. The average Bonchev–Trinajstić information content (AvgIpc) is 2.62. The van der Waals surface area contributed by atoms with Crippen molar-refractivity contribution in [1.82, 2.24) is 9.97 Å². The third kappa shape index (κ3) is 6.59. The van der Waals surface area contributed by atoms with Gasteiger partial charge < -0.3 is 40.5 Å². The average molecular weight is 362 g/mol. The lowest BCUT2D eigenvalue weighted by atomic mass is 10.1. The van der Waals surface area contributed by atoms with Gasteiger partial charge in [0, 0.05) is 12.6 Å². The highest BCUT2D eigenvalue weighted by Gasteiger charge is 2.27. The summed E-state index contributed by atoms with van der Waals surface area (Å²) in [7, 11) is 0. The molecule has 0 spiro atoms. The number of aromatic nitrogens is 2. The Morgan fingerprint density at radius 1 is 1.04 bits per heavy atom. The molecule has 25 heavy (non-hydrogen) atoms. The van der Waals surface area contributed by atoms with Crippen LogP contribution in [-0.4, -0.2) is 95.9 Å². The van der Waals surface area contributed by atoms with Gasteiger partial charge in [-0.2, -0.15) is 0 Å². The fourth-order valence-electron chi connectivity index (χ4n) is 1.92. The normalized spacial score (nSPS) is 17.5. The van der Waals surface area contributed by atoms with E-state index in [9.17, 15) is 25.2 Å². The van der Waals surface area contributed by atoms with Crippen LogP contribution < -0.4 is 0 Å². The smallest absolute Gasteiger partial charge is 0.329 e. The van der Waals surface area contributed by atoms with Gasteiger partial charge in [0.15, 0.2) is 0 Å². The van der Waals surface area contributed by atoms with E-state index in [-0.39, 0.29) is 17.8 Å². The Kier molecular flexibility index (Phi) is 8.78. The van der Waals surface area contributed by atoms with Crippen LogP contribution in [-0.2, 0) is 16.0 Å². The van der Waals surface area contributed by atoms with Crippen molar-refractivity contribution in [1.29, 1.82) is 0 Å². The Morgan fingerprint density at radius 2 is 1.68 bits per heavy atom. The number of nitrogens with zero attached hydrogens (tertiary/aromatic N) is 2. The Hall–Kier alpha value is -1.73. The Bertz CT molecular complexity index is 528. The van der Waals surface area contributed by atoms with E-state index in [0.717, 1.165) is 6.20 Å². The van der Waals surface area contributed by atoms with Crippen molar-refractivity contribution in [2.24, 2.45) is 0 Å². The van der Waals surface area contributed by atoms with E-state index in [4.69, 9.17) is 20.1 Å². The van der Waals surface area contributed by atoms with Gasteiger partial charge in [-0.05, 0) is 0 Å². The highest BCUT2D eigenvalue weighted by Crippen LogP contribution is 2.17. The molecule has 0 bridgehead atoms. The van der Waals surface area contributed by atoms with Gasteiger partial charge in [0.1, 0.15) is 31.0 Å². The molecule has 0 unspecified atom stereocenters. The topological polar surface area (TPSA) is 194 Å². The third-order valence-corrected chi connectivity index (χ3v) is 3.38. The first kappa shape index (κ1) is 21.3. The number of hydrogen-bond acceptors (Lipinski definition) is 10. The summed E-state index contributed by atoms with van der Waals surface area (Å²) in [4.78, 5) is 18.4. The molecule has 0 fully saturated rings. The predicted molar refractivity (Wildman–Crippen MR) is 80.3 cm³/mol. The summed E-state index contributed by atoms with van der Waals surface area (Å²) in [5.74, 6) is -1.24. The maximum absolute atomic E-state index is 10.5. The van der Waals surface area contributed by atoms with Crippen molar-refractivity contribution >= 4 is 5.97 Å². The van der Waals surface area contributed by atoms with Gasteiger partial charge in [-0.15, -0.1) is 0 Å². The Balaban J connectivity index is 2.77. The van der Waals surface area contributed by atoms with Crippen molar-refractivity contribution in [3.8, 4) is 0 Å². The van der Waals surface area contributed by atoms with Gasteiger partial charge in [-0.1, -0.05) is 0 Å². The van der Waals surface area contributed by atoms with Crippen LogP contribution in [0.1, 0.15) is 17.5 Å². The summed E-state index contributed by atoms with van der Waals surface area (Å²) >= 11 is 0. The molecule has 1 rings (SSSR count). The first-order valence-electron chi connectivity index (χ1n) is 7.38. The molecule has 0 radical (unpaired) electrons. The lowest BCUT2D eigenvalue weighted by Gasteiger charge is -2.22. The molecule has 0 aliphatic carbocycles. The van der Waals surface area contributed by atoms with Crippen LogP contribution in [0, 0.1) is 0 Å². The summed E-state index contributed by atoms with van der Waals surface area (Å²) in [6, 6.07) is 0. The molecule has 0 saturated carbocycles. The molecule has 1 heterocycles. The molecule has 1 aromatic rings. The highest BCUT2D eigenvalue weighted by atomic mass is 16.5. The molecule has 1 aromatic heterocycles. The molecule has 11 heteroatoms.